The third-order valence-electron chi connectivity index (χ3n) is 4.80. The van der Waals surface area contributed by atoms with Crippen LogP contribution in [0.5, 0.6) is 0 Å². The van der Waals surface area contributed by atoms with Crippen LogP contribution in [0.15, 0.2) is 42.5 Å². The minimum atomic E-state index is -0.229. The molecule has 146 valence electrons. The molecule has 1 amide bonds. The Morgan fingerprint density at radius 1 is 1.14 bits per heavy atom. The van der Waals surface area contributed by atoms with E-state index in [1.54, 1.807) is 30.3 Å². The first-order chi connectivity index (χ1) is 13.6. The maximum Gasteiger partial charge on any atom is 0.251 e. The summed E-state index contributed by atoms with van der Waals surface area (Å²) in [6, 6.07) is 11.6. The average molecular weight is 419 g/mol. The number of benzene rings is 2. The number of rotatable bonds is 5. The van der Waals surface area contributed by atoms with Gasteiger partial charge in [0.2, 0.25) is 0 Å². The van der Waals surface area contributed by atoms with Gasteiger partial charge in [-0.1, -0.05) is 22.9 Å². The second-order valence-corrected chi connectivity index (χ2v) is 8.15. The van der Waals surface area contributed by atoms with Crippen LogP contribution in [0.1, 0.15) is 10.4 Å². The lowest BCUT2D eigenvalue weighted by molar-refractivity contribution is 0.0948. The van der Waals surface area contributed by atoms with E-state index in [2.05, 4.69) is 20.1 Å². The summed E-state index contributed by atoms with van der Waals surface area (Å²) in [5.41, 5.74) is 1.45. The zero-order valence-electron chi connectivity index (χ0n) is 15.2. The minimum Gasteiger partial charge on any atom is -0.351 e. The molecular weight excluding hydrogens is 399 g/mol. The number of fused-ring (bicyclic) bond motifs is 1. The standard InChI is InChI=1S/C20H20ClFN4OS/c21-15-3-1-14(2-4-15)19(27)23-7-8-25-9-11-26(12-10-25)20-24-17-6-5-16(22)13-18(17)28-20/h1-6,13H,7-12H2,(H,23,27). The number of anilines is 1. The van der Waals surface area contributed by atoms with Crippen molar-refractivity contribution in [1.82, 2.24) is 15.2 Å². The minimum absolute atomic E-state index is 0.0861. The number of nitrogens with zero attached hydrogens (tertiary/aromatic N) is 3. The van der Waals surface area contributed by atoms with E-state index in [1.807, 2.05) is 0 Å². The van der Waals surface area contributed by atoms with E-state index in [-0.39, 0.29) is 11.7 Å². The summed E-state index contributed by atoms with van der Waals surface area (Å²) in [6.07, 6.45) is 0. The third-order valence-corrected chi connectivity index (χ3v) is 6.13. The van der Waals surface area contributed by atoms with Crippen LogP contribution in [-0.4, -0.2) is 55.1 Å². The Kier molecular flexibility index (Phi) is 5.75. The summed E-state index contributed by atoms with van der Waals surface area (Å²) in [5, 5.41) is 4.51. The Bertz CT molecular complexity index is 970. The van der Waals surface area contributed by atoms with E-state index >= 15 is 0 Å². The highest BCUT2D eigenvalue weighted by atomic mass is 35.5. The van der Waals surface area contributed by atoms with Gasteiger partial charge in [-0.15, -0.1) is 0 Å². The molecule has 0 bridgehead atoms. The molecule has 1 aliphatic rings. The van der Waals surface area contributed by atoms with E-state index in [4.69, 9.17) is 11.6 Å². The fraction of sp³-hybridized carbons (Fsp3) is 0.300. The molecule has 2 heterocycles. The molecule has 1 fully saturated rings. The number of carbonyl (C=O) groups excluding carboxylic acids is 1. The molecule has 4 rings (SSSR count). The smallest absolute Gasteiger partial charge is 0.251 e. The van der Waals surface area contributed by atoms with E-state index in [9.17, 15) is 9.18 Å². The highest BCUT2D eigenvalue weighted by Crippen LogP contribution is 2.29. The molecule has 1 aliphatic heterocycles. The van der Waals surface area contributed by atoms with Gasteiger partial charge >= 0.3 is 0 Å². The van der Waals surface area contributed by atoms with Crippen molar-refractivity contribution < 1.29 is 9.18 Å². The van der Waals surface area contributed by atoms with Gasteiger partial charge in [-0.05, 0) is 42.5 Å². The number of hydrogen-bond acceptors (Lipinski definition) is 5. The average Bonchev–Trinajstić information content (AvgIpc) is 3.12. The quantitative estimate of drug-likeness (QED) is 0.687. The number of halogens is 2. The molecule has 28 heavy (non-hydrogen) atoms. The van der Waals surface area contributed by atoms with Crippen LogP contribution < -0.4 is 10.2 Å². The Labute approximate surface area is 171 Å². The van der Waals surface area contributed by atoms with Gasteiger partial charge in [-0.25, -0.2) is 9.37 Å². The van der Waals surface area contributed by atoms with Gasteiger partial charge < -0.3 is 10.2 Å². The summed E-state index contributed by atoms with van der Waals surface area (Å²) < 4.78 is 14.2. The van der Waals surface area contributed by atoms with Crippen LogP contribution in [0.3, 0.4) is 0 Å². The molecule has 0 aliphatic carbocycles. The van der Waals surface area contributed by atoms with Crippen molar-refractivity contribution in [2.24, 2.45) is 0 Å². The van der Waals surface area contributed by atoms with Crippen LogP contribution in [0.4, 0.5) is 9.52 Å². The molecule has 2 aromatic carbocycles. The van der Waals surface area contributed by atoms with Crippen molar-refractivity contribution in [1.29, 1.82) is 0 Å². The highest BCUT2D eigenvalue weighted by Gasteiger charge is 2.20. The van der Waals surface area contributed by atoms with Gasteiger partial charge in [0.05, 0.1) is 10.2 Å². The predicted molar refractivity (Wildman–Crippen MR) is 112 cm³/mol. The summed E-state index contributed by atoms with van der Waals surface area (Å²) in [7, 11) is 0. The van der Waals surface area contributed by atoms with E-state index in [0.717, 1.165) is 48.1 Å². The number of carbonyl (C=O) groups is 1. The molecule has 0 spiro atoms. The lowest BCUT2D eigenvalue weighted by Crippen LogP contribution is -2.48. The number of thiazole rings is 1. The lowest BCUT2D eigenvalue weighted by atomic mass is 10.2. The SMILES string of the molecule is O=C(NCCN1CCN(c2nc3ccc(F)cc3s2)CC1)c1ccc(Cl)cc1. The third kappa shape index (κ3) is 4.43. The number of nitrogens with one attached hydrogen (secondary N) is 1. The van der Waals surface area contributed by atoms with Crippen molar-refractivity contribution in [2.75, 3.05) is 44.2 Å². The zero-order valence-corrected chi connectivity index (χ0v) is 16.8. The zero-order chi connectivity index (χ0) is 19.5. The predicted octanol–water partition coefficient (Wildman–Crippen LogP) is 3.64. The van der Waals surface area contributed by atoms with Crippen LogP contribution >= 0.6 is 22.9 Å². The van der Waals surface area contributed by atoms with Crippen LogP contribution in [0.25, 0.3) is 10.2 Å². The van der Waals surface area contributed by atoms with Crippen LogP contribution in [0, 0.1) is 5.82 Å². The first kappa shape index (κ1) is 19.1. The fourth-order valence-electron chi connectivity index (χ4n) is 3.22. The first-order valence-corrected chi connectivity index (χ1v) is 10.3. The van der Waals surface area contributed by atoms with Gasteiger partial charge in [0, 0.05) is 49.9 Å². The number of aromatic nitrogens is 1. The lowest BCUT2D eigenvalue weighted by Gasteiger charge is -2.34. The Morgan fingerprint density at radius 3 is 2.64 bits per heavy atom. The monoisotopic (exact) mass is 418 g/mol. The summed E-state index contributed by atoms with van der Waals surface area (Å²) in [5.74, 6) is -0.315. The largest absolute Gasteiger partial charge is 0.351 e. The van der Waals surface area contributed by atoms with Gasteiger partial charge in [0.15, 0.2) is 5.13 Å². The summed E-state index contributed by atoms with van der Waals surface area (Å²) >= 11 is 7.37. The van der Waals surface area contributed by atoms with Crippen LogP contribution in [-0.2, 0) is 0 Å². The molecule has 1 saturated heterocycles. The molecule has 8 heteroatoms. The second-order valence-electron chi connectivity index (χ2n) is 6.70. The molecule has 0 unspecified atom stereocenters. The number of piperazine rings is 1. The van der Waals surface area contributed by atoms with E-state index in [0.29, 0.717) is 17.1 Å². The molecule has 5 nitrogen and oxygen atoms in total. The van der Waals surface area contributed by atoms with Gasteiger partial charge in [0.25, 0.3) is 5.91 Å². The maximum absolute atomic E-state index is 13.4. The Balaban J connectivity index is 1.24. The van der Waals surface area contributed by atoms with Crippen molar-refractivity contribution in [3.63, 3.8) is 0 Å². The number of amides is 1. The highest BCUT2D eigenvalue weighted by molar-refractivity contribution is 7.22. The van der Waals surface area contributed by atoms with Crippen molar-refractivity contribution in [3.05, 3.63) is 58.9 Å². The molecular formula is C20H20ClFN4OS. The summed E-state index contributed by atoms with van der Waals surface area (Å²) in [4.78, 5) is 21.3. The maximum atomic E-state index is 13.4. The van der Waals surface area contributed by atoms with E-state index < -0.39 is 0 Å². The van der Waals surface area contributed by atoms with Gasteiger partial charge in [-0.2, -0.15) is 0 Å². The normalized spacial score (nSPS) is 15.1. The van der Waals surface area contributed by atoms with Gasteiger partial charge in [0.1, 0.15) is 5.82 Å². The molecule has 0 atom stereocenters. The first-order valence-electron chi connectivity index (χ1n) is 9.16. The van der Waals surface area contributed by atoms with E-state index in [1.165, 1.54) is 23.5 Å². The van der Waals surface area contributed by atoms with Gasteiger partial charge in [-0.3, -0.25) is 9.69 Å². The molecule has 1 aromatic heterocycles. The van der Waals surface area contributed by atoms with Crippen molar-refractivity contribution in [3.8, 4) is 0 Å². The second kappa shape index (κ2) is 8.43. The van der Waals surface area contributed by atoms with Crippen molar-refractivity contribution in [2.45, 2.75) is 0 Å². The topological polar surface area (TPSA) is 48.5 Å². The molecule has 0 radical (unpaired) electrons. The Morgan fingerprint density at radius 2 is 1.89 bits per heavy atom. The Hall–Kier alpha value is -2.22. The molecule has 3 aromatic rings. The molecule has 1 N–H and O–H groups in total. The molecule has 0 saturated carbocycles. The van der Waals surface area contributed by atoms with Crippen molar-refractivity contribution >= 4 is 44.2 Å². The number of hydrogen-bond donors (Lipinski definition) is 1. The summed E-state index contributed by atoms with van der Waals surface area (Å²) in [6.45, 7) is 4.95. The fourth-order valence-corrected chi connectivity index (χ4v) is 4.38. The van der Waals surface area contributed by atoms with Crippen LogP contribution in [0.2, 0.25) is 5.02 Å².